The number of hydrogen-bond acceptors (Lipinski definition) is 4. The average Bonchev–Trinajstić information content (AvgIpc) is 3.04. The van der Waals surface area contributed by atoms with E-state index in [0.717, 1.165) is 4.47 Å². The van der Waals surface area contributed by atoms with Crippen molar-refractivity contribution in [2.75, 3.05) is 23.4 Å². The Kier molecular flexibility index (Phi) is 6.59. The molecule has 2 aromatic rings. The summed E-state index contributed by atoms with van der Waals surface area (Å²) in [6.07, 6.45) is 0.0294. The molecule has 2 amide bonds. The first-order valence-corrected chi connectivity index (χ1v) is 9.86. The molecule has 0 saturated carbocycles. The Morgan fingerprint density at radius 1 is 1.18 bits per heavy atom. The van der Waals surface area contributed by atoms with Crippen LogP contribution in [0.15, 0.2) is 46.9 Å². The maximum absolute atomic E-state index is 12.3. The van der Waals surface area contributed by atoms with Crippen LogP contribution in [-0.4, -0.2) is 30.9 Å². The molecule has 1 aliphatic rings. The normalized spacial score (nSPS) is 16.2. The van der Waals surface area contributed by atoms with E-state index in [4.69, 9.17) is 27.9 Å². The molecule has 0 aromatic heterocycles. The summed E-state index contributed by atoms with van der Waals surface area (Å²) in [7, 11) is 0. The third-order valence-electron chi connectivity index (χ3n) is 4.15. The van der Waals surface area contributed by atoms with Crippen molar-refractivity contribution in [1.29, 1.82) is 0 Å². The van der Waals surface area contributed by atoms with Gasteiger partial charge in [-0.1, -0.05) is 39.1 Å². The minimum atomic E-state index is -0.632. The van der Waals surface area contributed by atoms with Gasteiger partial charge in [0.05, 0.1) is 16.6 Å². The second-order valence-corrected chi connectivity index (χ2v) is 7.92. The molecule has 6 nitrogen and oxygen atoms in total. The van der Waals surface area contributed by atoms with Gasteiger partial charge in [0, 0.05) is 28.1 Å². The fourth-order valence-electron chi connectivity index (χ4n) is 2.77. The molecule has 2 aromatic carbocycles. The number of rotatable bonds is 5. The van der Waals surface area contributed by atoms with Crippen molar-refractivity contribution in [3.63, 3.8) is 0 Å². The standard InChI is InChI=1S/C19H15BrCl2N2O4/c20-12-1-6-16(15(22)8-12)23-17(25)10-28-19(27)11-7-18(26)24(9-11)14-4-2-13(21)3-5-14/h1-6,8,11H,7,9-10H2,(H,23,25)/t11-/m1/s1. The fraction of sp³-hybridized carbons (Fsp3) is 0.211. The van der Waals surface area contributed by atoms with Crippen molar-refractivity contribution in [2.45, 2.75) is 6.42 Å². The first-order chi connectivity index (χ1) is 13.3. The van der Waals surface area contributed by atoms with Crippen LogP contribution in [0.4, 0.5) is 11.4 Å². The molecular weight excluding hydrogens is 471 g/mol. The van der Waals surface area contributed by atoms with Crippen LogP contribution in [-0.2, 0) is 19.1 Å². The van der Waals surface area contributed by atoms with Crippen LogP contribution >= 0.6 is 39.1 Å². The largest absolute Gasteiger partial charge is 0.455 e. The number of ether oxygens (including phenoxy) is 1. The molecule has 146 valence electrons. The number of halogens is 3. The van der Waals surface area contributed by atoms with E-state index in [2.05, 4.69) is 21.2 Å². The van der Waals surface area contributed by atoms with E-state index in [1.54, 1.807) is 42.5 Å². The summed E-state index contributed by atoms with van der Waals surface area (Å²) in [4.78, 5) is 38.0. The number of amides is 2. The lowest BCUT2D eigenvalue weighted by atomic mass is 10.1. The van der Waals surface area contributed by atoms with E-state index in [1.165, 1.54) is 4.90 Å². The number of carbonyl (C=O) groups excluding carboxylic acids is 3. The summed E-state index contributed by atoms with van der Waals surface area (Å²) < 4.78 is 5.85. The van der Waals surface area contributed by atoms with Gasteiger partial charge in [0.15, 0.2) is 6.61 Å². The molecular formula is C19H15BrCl2N2O4. The van der Waals surface area contributed by atoms with E-state index < -0.39 is 24.4 Å². The molecule has 0 aliphatic carbocycles. The van der Waals surface area contributed by atoms with Gasteiger partial charge in [0.2, 0.25) is 5.91 Å². The highest BCUT2D eigenvalue weighted by molar-refractivity contribution is 9.10. The Hall–Kier alpha value is -2.09. The summed E-state index contributed by atoms with van der Waals surface area (Å²) in [6.45, 7) is -0.268. The molecule has 1 atom stereocenters. The maximum atomic E-state index is 12.3. The molecule has 1 saturated heterocycles. The number of esters is 1. The van der Waals surface area contributed by atoms with Crippen LogP contribution in [0, 0.1) is 5.92 Å². The van der Waals surface area contributed by atoms with Crippen LogP contribution in [0.5, 0.6) is 0 Å². The van der Waals surface area contributed by atoms with Crippen LogP contribution in [0.3, 0.4) is 0 Å². The second kappa shape index (κ2) is 8.94. The predicted molar refractivity (Wildman–Crippen MR) is 111 cm³/mol. The molecule has 0 spiro atoms. The van der Waals surface area contributed by atoms with Crippen LogP contribution < -0.4 is 10.2 Å². The number of carbonyl (C=O) groups is 3. The van der Waals surface area contributed by atoms with Gasteiger partial charge in [-0.3, -0.25) is 14.4 Å². The van der Waals surface area contributed by atoms with Gasteiger partial charge in [-0.15, -0.1) is 0 Å². The first-order valence-electron chi connectivity index (χ1n) is 8.31. The van der Waals surface area contributed by atoms with Gasteiger partial charge in [-0.2, -0.15) is 0 Å². The van der Waals surface area contributed by atoms with Crippen molar-refractivity contribution in [3.05, 3.63) is 57.0 Å². The minimum absolute atomic E-state index is 0.0294. The van der Waals surface area contributed by atoms with Crippen LogP contribution in [0.25, 0.3) is 0 Å². The zero-order valence-corrected chi connectivity index (χ0v) is 17.6. The van der Waals surface area contributed by atoms with Gasteiger partial charge in [0.1, 0.15) is 0 Å². The molecule has 0 radical (unpaired) electrons. The zero-order chi connectivity index (χ0) is 20.3. The average molecular weight is 486 g/mol. The monoisotopic (exact) mass is 484 g/mol. The SMILES string of the molecule is O=C(COC(=O)[C@@H]1CC(=O)N(c2ccc(Cl)cc2)C1)Nc1ccc(Br)cc1Cl. The van der Waals surface area contributed by atoms with E-state index in [9.17, 15) is 14.4 Å². The highest BCUT2D eigenvalue weighted by Gasteiger charge is 2.36. The second-order valence-electron chi connectivity index (χ2n) is 6.16. The molecule has 0 bridgehead atoms. The lowest BCUT2D eigenvalue weighted by Gasteiger charge is -2.16. The molecule has 1 N–H and O–H groups in total. The maximum Gasteiger partial charge on any atom is 0.311 e. The molecule has 9 heteroatoms. The number of nitrogens with one attached hydrogen (secondary N) is 1. The van der Waals surface area contributed by atoms with E-state index >= 15 is 0 Å². The lowest BCUT2D eigenvalue weighted by molar-refractivity contribution is -0.151. The van der Waals surface area contributed by atoms with Crippen molar-refractivity contribution < 1.29 is 19.1 Å². The number of benzene rings is 2. The third-order valence-corrected chi connectivity index (χ3v) is 5.21. The topological polar surface area (TPSA) is 75.7 Å². The molecule has 3 rings (SSSR count). The van der Waals surface area contributed by atoms with Crippen molar-refractivity contribution in [1.82, 2.24) is 0 Å². The number of anilines is 2. The molecule has 1 aliphatic heterocycles. The predicted octanol–water partition coefficient (Wildman–Crippen LogP) is 4.29. The molecule has 28 heavy (non-hydrogen) atoms. The van der Waals surface area contributed by atoms with E-state index in [-0.39, 0.29) is 18.9 Å². The van der Waals surface area contributed by atoms with Gasteiger partial charge >= 0.3 is 5.97 Å². The lowest BCUT2D eigenvalue weighted by Crippen LogP contribution is -2.28. The van der Waals surface area contributed by atoms with E-state index in [0.29, 0.717) is 21.4 Å². The Labute approximate surface area is 179 Å². The Morgan fingerprint density at radius 2 is 1.89 bits per heavy atom. The molecule has 1 fully saturated rings. The minimum Gasteiger partial charge on any atom is -0.455 e. The summed E-state index contributed by atoms with van der Waals surface area (Å²) in [5.74, 6) is -1.93. The fourth-order valence-corrected chi connectivity index (χ4v) is 3.61. The van der Waals surface area contributed by atoms with Gasteiger partial charge in [-0.25, -0.2) is 0 Å². The number of hydrogen-bond donors (Lipinski definition) is 1. The third kappa shape index (κ3) is 5.04. The quantitative estimate of drug-likeness (QED) is 0.641. The first kappa shape index (κ1) is 20.6. The Balaban J connectivity index is 1.53. The van der Waals surface area contributed by atoms with Crippen molar-refractivity contribution >= 4 is 68.3 Å². The summed E-state index contributed by atoms with van der Waals surface area (Å²) in [5.41, 5.74) is 1.07. The van der Waals surface area contributed by atoms with Gasteiger partial charge in [0.25, 0.3) is 5.91 Å². The van der Waals surface area contributed by atoms with Crippen molar-refractivity contribution in [3.8, 4) is 0 Å². The Morgan fingerprint density at radius 3 is 2.57 bits per heavy atom. The highest BCUT2D eigenvalue weighted by Crippen LogP contribution is 2.27. The smallest absolute Gasteiger partial charge is 0.311 e. The highest BCUT2D eigenvalue weighted by atomic mass is 79.9. The van der Waals surface area contributed by atoms with Gasteiger partial charge in [-0.05, 0) is 42.5 Å². The van der Waals surface area contributed by atoms with E-state index in [1.807, 2.05) is 0 Å². The molecule has 1 heterocycles. The zero-order valence-electron chi connectivity index (χ0n) is 14.5. The summed E-state index contributed by atoms with van der Waals surface area (Å²) in [5, 5.41) is 3.49. The summed E-state index contributed by atoms with van der Waals surface area (Å²) >= 11 is 15.2. The van der Waals surface area contributed by atoms with Crippen LogP contribution in [0.1, 0.15) is 6.42 Å². The molecule has 0 unspecified atom stereocenters. The number of nitrogens with zero attached hydrogens (tertiary/aromatic N) is 1. The Bertz CT molecular complexity index is 921. The summed E-state index contributed by atoms with van der Waals surface area (Å²) in [6, 6.07) is 11.8. The van der Waals surface area contributed by atoms with Gasteiger partial charge < -0.3 is 15.0 Å². The van der Waals surface area contributed by atoms with Crippen molar-refractivity contribution in [2.24, 2.45) is 5.92 Å². The van der Waals surface area contributed by atoms with Crippen LogP contribution in [0.2, 0.25) is 10.0 Å².